The van der Waals surface area contributed by atoms with Crippen LogP contribution in [0.4, 0.5) is 0 Å². The predicted octanol–water partition coefficient (Wildman–Crippen LogP) is 11.8. The van der Waals surface area contributed by atoms with Crippen LogP contribution < -0.4 is 22.9 Å². The number of carbonyl (C=O) groups is 5. The van der Waals surface area contributed by atoms with Crippen molar-refractivity contribution in [3.63, 3.8) is 0 Å². The van der Waals surface area contributed by atoms with Gasteiger partial charge < -0.3 is 37.0 Å². The van der Waals surface area contributed by atoms with Gasteiger partial charge in [-0.25, -0.2) is 25.0 Å². The van der Waals surface area contributed by atoms with Crippen molar-refractivity contribution in [1.82, 2.24) is 54.3 Å². The van der Waals surface area contributed by atoms with E-state index in [1.165, 1.54) is 24.5 Å². The van der Waals surface area contributed by atoms with Crippen molar-refractivity contribution in [1.29, 1.82) is 5.41 Å². The van der Waals surface area contributed by atoms with E-state index in [2.05, 4.69) is 111 Å². The molecule has 4 aromatic carbocycles. The number of pyridine rings is 3. The SMILES string of the molecule is C#Cc1cccc(-c2cc([C@]3(C)CC(=O)N(C)C(N)=N3)ccn2)c1.C#Cc1cccc(-c2cccc([C@]3(C)CC(=O)N(C)C(N)=N3)n2)c1.CC#Cc1cccc(-c2cncc([C@]3(C)CC(=O)N(C)C(N)=N3)n2)c1.CC#Cc1cccc(-c2coc([C@]3(C)CC(=O)N(C)C(N)=N3)c2)c1.CC#Cc1cncc(-c2csc([C@@]3(C)CC(=N)N(C)C(=O)C3N3CCOCC3)c2)c1. The number of guanidine groups is 4. The second kappa shape index (κ2) is 38.8. The van der Waals surface area contributed by atoms with Crippen LogP contribution in [0.15, 0.2) is 213 Å². The lowest BCUT2D eigenvalue weighted by atomic mass is 9.73. The molecule has 0 aliphatic carbocycles. The molecule has 2 fully saturated rings. The maximum Gasteiger partial charge on any atom is 0.245 e. The zero-order chi connectivity index (χ0) is 91.3. The number of aliphatic imine (C=N–C) groups is 4. The Labute approximate surface area is 744 Å². The molecule has 6 aromatic heterocycles. The van der Waals surface area contributed by atoms with Gasteiger partial charge in [-0.3, -0.25) is 73.8 Å². The van der Waals surface area contributed by atoms with Crippen molar-refractivity contribution in [3.05, 3.63) is 244 Å². The van der Waals surface area contributed by atoms with Crippen LogP contribution in [0, 0.1) is 65.6 Å². The Kier molecular flexibility index (Phi) is 27.9. The topological polar surface area (TPSA) is 369 Å². The quantitative estimate of drug-likeness (QED) is 0.0751. The Morgan fingerprint density at radius 3 is 1.49 bits per heavy atom. The molecule has 10 aromatic rings. The molecule has 12 heterocycles. The first-order valence-electron chi connectivity index (χ1n) is 40.8. The van der Waals surface area contributed by atoms with Crippen molar-refractivity contribution >= 4 is 70.5 Å². The molecule has 28 heteroatoms. The van der Waals surface area contributed by atoms with E-state index in [0.29, 0.717) is 48.3 Å². The third-order valence-electron chi connectivity index (χ3n) is 22.9. The highest BCUT2D eigenvalue weighted by molar-refractivity contribution is 7.10. The molecule has 0 radical (unpaired) electrons. The number of benzene rings is 4. The third-order valence-corrected chi connectivity index (χ3v) is 24.1. The highest BCUT2D eigenvalue weighted by atomic mass is 32.1. The number of likely N-dealkylation sites (tertiary alicyclic amines) is 1. The maximum absolute atomic E-state index is 13.3. The molecule has 6 aliphatic heterocycles. The summed E-state index contributed by atoms with van der Waals surface area (Å²) >= 11 is 1.65. The molecule has 1 unspecified atom stereocenters. The van der Waals surface area contributed by atoms with Crippen LogP contribution in [0.5, 0.6) is 0 Å². The number of morpholine rings is 1. The lowest BCUT2D eigenvalue weighted by molar-refractivity contribution is -0.139. The highest BCUT2D eigenvalue weighted by Crippen LogP contribution is 2.45. The fourth-order valence-electron chi connectivity index (χ4n) is 15.3. The predicted molar refractivity (Wildman–Crippen MR) is 496 cm³/mol. The van der Waals surface area contributed by atoms with E-state index < -0.39 is 27.6 Å². The van der Waals surface area contributed by atoms with Crippen LogP contribution in [0.1, 0.15) is 143 Å². The fourth-order valence-corrected chi connectivity index (χ4v) is 16.4. The van der Waals surface area contributed by atoms with Gasteiger partial charge in [0.15, 0.2) is 23.8 Å². The van der Waals surface area contributed by atoms with E-state index in [1.807, 2.05) is 187 Å². The van der Waals surface area contributed by atoms with Crippen molar-refractivity contribution in [2.24, 2.45) is 42.9 Å². The molecule has 5 amide bonds. The maximum atomic E-state index is 13.3. The zero-order valence-corrected chi connectivity index (χ0v) is 74.1. The number of carbonyl (C=O) groups excluding carboxylic acids is 5. The summed E-state index contributed by atoms with van der Waals surface area (Å²) in [6, 6.07) is 46.2. The molecule has 127 heavy (non-hydrogen) atoms. The minimum atomic E-state index is -0.822. The lowest BCUT2D eigenvalue weighted by Gasteiger charge is -2.49. The molecule has 2 saturated heterocycles. The fraction of sp³-hybridized carbons (Fsp3) is 0.283. The monoisotopic (exact) mass is 1710 g/mol. The zero-order valence-electron chi connectivity index (χ0n) is 73.3. The average Bonchev–Trinajstić information content (AvgIpc) is 1.68. The first kappa shape index (κ1) is 91.2. The number of aromatic nitrogens is 5. The number of nitrogens with zero attached hydrogens (tertiary/aromatic N) is 15. The smallest absolute Gasteiger partial charge is 0.245 e. The van der Waals surface area contributed by atoms with Gasteiger partial charge in [-0.15, -0.1) is 41.9 Å². The van der Waals surface area contributed by atoms with Crippen molar-refractivity contribution in [3.8, 4) is 116 Å². The summed E-state index contributed by atoms with van der Waals surface area (Å²) in [6.45, 7) is 17.7. The summed E-state index contributed by atoms with van der Waals surface area (Å²) in [5, 5.41) is 10.5. The van der Waals surface area contributed by atoms with Gasteiger partial charge in [0.05, 0.1) is 91.6 Å². The second-order valence-corrected chi connectivity index (χ2v) is 33.1. The normalized spacial score (nSPS) is 21.4. The molecule has 9 N–H and O–H groups in total. The Morgan fingerprint density at radius 1 is 0.457 bits per heavy atom. The van der Waals surface area contributed by atoms with E-state index in [-0.39, 0.29) is 85.1 Å². The van der Waals surface area contributed by atoms with Crippen LogP contribution >= 0.6 is 11.3 Å². The van der Waals surface area contributed by atoms with Gasteiger partial charge in [-0.05, 0) is 162 Å². The van der Waals surface area contributed by atoms with Gasteiger partial charge >= 0.3 is 0 Å². The van der Waals surface area contributed by atoms with Crippen LogP contribution in [-0.2, 0) is 56.3 Å². The number of furan rings is 1. The number of amidine groups is 1. The Hall–Kier alpha value is -15.0. The molecular weight excluding hydrogens is 1610 g/mol. The van der Waals surface area contributed by atoms with E-state index in [1.54, 1.807) is 84.5 Å². The molecule has 6 atom stereocenters. The highest BCUT2D eigenvalue weighted by Gasteiger charge is 2.52. The number of rotatable bonds is 11. The molecule has 0 saturated carbocycles. The summed E-state index contributed by atoms with van der Waals surface area (Å²) in [5.41, 5.74) is 35.5. The number of nitrogens with one attached hydrogen (secondary N) is 1. The molecule has 27 nitrogen and oxygen atoms in total. The first-order chi connectivity index (χ1) is 60.6. The van der Waals surface area contributed by atoms with Crippen molar-refractivity contribution < 1.29 is 33.1 Å². The Morgan fingerprint density at radius 2 is 0.921 bits per heavy atom. The number of terminal acetylenes is 2. The number of amides is 5. The van der Waals surface area contributed by atoms with Gasteiger partial charge in [-0.2, -0.15) is 0 Å². The van der Waals surface area contributed by atoms with E-state index in [0.717, 1.165) is 102 Å². The number of ether oxygens (including phenoxy) is 1. The van der Waals surface area contributed by atoms with E-state index in [9.17, 15) is 24.0 Å². The van der Waals surface area contributed by atoms with Crippen molar-refractivity contribution in [2.45, 2.75) is 121 Å². The van der Waals surface area contributed by atoms with E-state index in [4.69, 9.17) is 55.3 Å². The molecular formula is C99H100N20O7S. The summed E-state index contributed by atoms with van der Waals surface area (Å²) < 4.78 is 11.2. The number of hydrogen-bond donors (Lipinski definition) is 5. The minimum Gasteiger partial charge on any atom is -0.466 e. The number of hydrogen-bond acceptors (Lipinski definition) is 23. The third kappa shape index (κ3) is 20.6. The van der Waals surface area contributed by atoms with Gasteiger partial charge in [0.1, 0.15) is 34.3 Å². The van der Waals surface area contributed by atoms with Gasteiger partial charge in [0.25, 0.3) is 0 Å². The molecule has 0 spiro atoms. The molecule has 644 valence electrons. The molecule has 16 rings (SSSR count). The average molecular weight is 1710 g/mol. The van der Waals surface area contributed by atoms with Crippen LogP contribution in [0.25, 0.3) is 56.0 Å². The van der Waals surface area contributed by atoms with Crippen LogP contribution in [0.3, 0.4) is 0 Å². The standard InChI is InChI=1S/C23H26N4O2S.C19H19N5O.2C19H18N4O.C19H19N3O2/c1-4-5-16-10-17(14-25-13-16)18-11-19(30-15-18)23(2)12-20(24)26(3)22(28)21(23)27-6-8-29-9-7-27;1-4-6-13-7-5-8-14(9-13)15-11-21-12-16(22-15)19(2)10-17(25)24(3)18(20)23-19;1-4-13-7-5-8-14(11-13)15-9-6-10-16(21-15)19(2)12-17(24)23(3)18(20)22-19;1-4-13-6-5-7-14(10-13)16-11-15(8-9-21-16)19(2)12-17(24)23(3)18(20)22-19;1-4-6-13-7-5-8-14(9-13)15-10-16(24-12-15)19(2)11-17(23)22(3)18(20)21-19/h10-11,13-15,21,24H,6-9,12H2,1-3H3;5,7-9,11-12H,10H2,1-3H3,(H2,20,23);2*1,5-11H,12H2,2-3H3,(H2,20,22);5,7-10,12H,11H2,1-3H3,(H2,20,21)/t21?,23-;4*19-/m10000/s1. The summed E-state index contributed by atoms with van der Waals surface area (Å²) in [4.78, 5) is 113. The number of piperidine rings is 1. The van der Waals surface area contributed by atoms with Gasteiger partial charge in [0, 0.05) is 139 Å². The van der Waals surface area contributed by atoms with Crippen LogP contribution in [-0.4, -0.2) is 181 Å². The summed E-state index contributed by atoms with van der Waals surface area (Å²) in [7, 11) is 8.20. The summed E-state index contributed by atoms with van der Waals surface area (Å²) in [5.74, 6) is 24.5. The molecule has 0 bridgehead atoms. The number of likely N-dealkylation sites (N-methyl/N-ethyl adjacent to an activating group) is 1. The van der Waals surface area contributed by atoms with Gasteiger partial charge in [-0.1, -0.05) is 91.1 Å². The second-order valence-electron chi connectivity index (χ2n) is 32.2. The molecule has 6 aliphatic rings. The lowest BCUT2D eigenvalue weighted by Crippen LogP contribution is -2.64. The van der Waals surface area contributed by atoms with Crippen LogP contribution in [0.2, 0.25) is 0 Å². The largest absolute Gasteiger partial charge is 0.466 e. The minimum absolute atomic E-state index is 0.00696. The Bertz CT molecular complexity index is 6220. The van der Waals surface area contributed by atoms with Crippen molar-refractivity contribution in [2.75, 3.05) is 61.5 Å². The first-order valence-corrected chi connectivity index (χ1v) is 41.7. The number of thiophene rings is 1. The van der Waals surface area contributed by atoms with E-state index >= 15 is 0 Å². The Balaban J connectivity index is 0.000000145. The summed E-state index contributed by atoms with van der Waals surface area (Å²) in [6.07, 6.45) is 22.7. The number of nitrogens with two attached hydrogens (primary N) is 4. The van der Waals surface area contributed by atoms with Gasteiger partial charge in [0.2, 0.25) is 29.5 Å².